The molecule has 0 bridgehead atoms. The fourth-order valence-electron chi connectivity index (χ4n) is 5.63. The van der Waals surface area contributed by atoms with Gasteiger partial charge in [-0.1, -0.05) is 44.7 Å². The van der Waals surface area contributed by atoms with E-state index in [9.17, 15) is 19.5 Å². The van der Waals surface area contributed by atoms with Crippen molar-refractivity contribution in [2.75, 3.05) is 42.9 Å². The maximum atomic E-state index is 13.6. The van der Waals surface area contributed by atoms with Crippen LogP contribution in [0.5, 0.6) is 0 Å². The van der Waals surface area contributed by atoms with E-state index in [1.54, 1.807) is 36.1 Å². The first-order valence-corrected chi connectivity index (χ1v) is 15.4. The average Bonchev–Trinajstić information content (AvgIpc) is 3.65. The van der Waals surface area contributed by atoms with Gasteiger partial charge < -0.3 is 29.5 Å². The highest BCUT2D eigenvalue weighted by atomic mass is 16.4. The number of rotatable bonds is 16. The van der Waals surface area contributed by atoms with Crippen LogP contribution in [0.2, 0.25) is 0 Å². The number of anilines is 2. The van der Waals surface area contributed by atoms with Crippen LogP contribution in [0.3, 0.4) is 0 Å². The van der Waals surface area contributed by atoms with Crippen LogP contribution in [-0.2, 0) is 16.0 Å². The largest absolute Gasteiger partial charge is 0.465 e. The van der Waals surface area contributed by atoms with Crippen molar-refractivity contribution in [2.45, 2.75) is 52.7 Å². The molecule has 2 heterocycles. The number of benzene rings is 2. The molecule has 1 aliphatic heterocycles. The number of Topliss-reactive ketones (excluding diaryl/α,β-unsaturated/α-hetero) is 1. The second-order valence-electron chi connectivity index (χ2n) is 11.4. The fourth-order valence-corrected chi connectivity index (χ4v) is 5.63. The monoisotopic (exact) mass is 600 g/mol. The predicted octanol–water partition coefficient (Wildman–Crippen LogP) is 5.56. The van der Waals surface area contributed by atoms with Gasteiger partial charge in [0, 0.05) is 44.2 Å². The molecule has 0 spiro atoms. The molecular weight excluding hydrogens is 556 g/mol. The SMILES string of the molecule is C=CN(CCCN1CC(C)C(=O)C1=O)C(=O)c1ccc(N(CCC)CCCc2ccccc2C)c(NC(O)c2ccco2)c1. The Kier molecular flexibility index (Phi) is 11.4. The number of likely N-dealkylation sites (tertiary alicyclic amines) is 1. The van der Waals surface area contributed by atoms with E-state index in [-0.39, 0.29) is 17.6 Å². The van der Waals surface area contributed by atoms with Gasteiger partial charge in [0.05, 0.1) is 17.6 Å². The van der Waals surface area contributed by atoms with Crippen LogP contribution in [0.4, 0.5) is 11.4 Å². The number of carbonyl (C=O) groups excluding carboxylic acids is 3. The van der Waals surface area contributed by atoms with Gasteiger partial charge in [-0.3, -0.25) is 14.4 Å². The van der Waals surface area contributed by atoms with Crippen molar-refractivity contribution in [3.05, 3.63) is 96.1 Å². The molecule has 44 heavy (non-hydrogen) atoms. The van der Waals surface area contributed by atoms with E-state index in [4.69, 9.17) is 4.42 Å². The number of furan rings is 1. The zero-order valence-electron chi connectivity index (χ0n) is 26.0. The minimum absolute atomic E-state index is 0.249. The Morgan fingerprint density at radius 1 is 1.14 bits per heavy atom. The van der Waals surface area contributed by atoms with Gasteiger partial charge in [-0.05, 0) is 80.3 Å². The summed E-state index contributed by atoms with van der Waals surface area (Å²) in [6, 6.07) is 17.3. The van der Waals surface area contributed by atoms with Gasteiger partial charge in [-0.25, -0.2) is 0 Å². The molecule has 2 N–H and O–H groups in total. The molecule has 3 aromatic rings. The van der Waals surface area contributed by atoms with Gasteiger partial charge in [-0.15, -0.1) is 0 Å². The zero-order chi connectivity index (χ0) is 31.6. The minimum atomic E-state index is -1.11. The Hall–Kier alpha value is -4.37. The van der Waals surface area contributed by atoms with E-state index >= 15 is 0 Å². The Morgan fingerprint density at radius 2 is 1.93 bits per heavy atom. The molecule has 9 heteroatoms. The van der Waals surface area contributed by atoms with Crippen molar-refractivity contribution in [3.8, 4) is 0 Å². The van der Waals surface area contributed by atoms with Crippen LogP contribution in [0.15, 0.2) is 78.1 Å². The standard InChI is InChI=1S/C35H44N4O5/c1-5-18-38(19-9-14-27-13-8-7-12-25(27)3)30-17-16-28(23-29(30)36-33(41)31-15-10-22-44-31)34(42)37(6-2)20-11-21-39-24-26(4)32(40)35(39)43/h6-8,10,12-13,15-17,22-23,26,33,36,41H,2,5,9,11,14,18-21,24H2,1,3-4H3. The number of carbonyl (C=O) groups is 3. The Balaban J connectivity index is 1.52. The summed E-state index contributed by atoms with van der Waals surface area (Å²) in [6.45, 7) is 12.6. The number of nitrogens with zero attached hydrogens (tertiary/aromatic N) is 3. The van der Waals surface area contributed by atoms with Crippen LogP contribution in [-0.4, -0.2) is 65.2 Å². The number of aliphatic hydroxyl groups excluding tert-OH is 1. The number of aliphatic hydroxyl groups is 1. The first kappa shape index (κ1) is 32.5. The van der Waals surface area contributed by atoms with Gasteiger partial charge >= 0.3 is 0 Å². The molecule has 0 saturated carbocycles. The van der Waals surface area contributed by atoms with Crippen LogP contribution < -0.4 is 10.2 Å². The quantitative estimate of drug-likeness (QED) is 0.164. The molecule has 1 aliphatic rings. The summed E-state index contributed by atoms with van der Waals surface area (Å²) >= 11 is 0. The summed E-state index contributed by atoms with van der Waals surface area (Å²) in [6.07, 6.45) is 5.21. The molecule has 4 rings (SSSR count). The highest BCUT2D eigenvalue weighted by Crippen LogP contribution is 2.31. The van der Waals surface area contributed by atoms with Crippen molar-refractivity contribution >= 4 is 29.0 Å². The minimum Gasteiger partial charge on any atom is -0.465 e. The molecule has 1 fully saturated rings. The highest BCUT2D eigenvalue weighted by Gasteiger charge is 2.35. The second-order valence-corrected chi connectivity index (χ2v) is 11.4. The number of hydrogen-bond donors (Lipinski definition) is 2. The van der Waals surface area contributed by atoms with Gasteiger partial charge in [0.2, 0.25) is 5.78 Å². The van der Waals surface area contributed by atoms with E-state index in [2.05, 4.69) is 54.9 Å². The molecule has 2 atom stereocenters. The number of hydrogen-bond acceptors (Lipinski definition) is 7. The third-order valence-corrected chi connectivity index (χ3v) is 8.07. The fraction of sp³-hybridized carbons (Fsp3) is 0.400. The summed E-state index contributed by atoms with van der Waals surface area (Å²) in [5, 5.41) is 14.1. The van der Waals surface area contributed by atoms with E-state index in [0.717, 1.165) is 38.0 Å². The summed E-state index contributed by atoms with van der Waals surface area (Å²) in [5.41, 5.74) is 4.54. The lowest BCUT2D eigenvalue weighted by Crippen LogP contribution is -2.32. The van der Waals surface area contributed by atoms with E-state index < -0.39 is 12.1 Å². The topological polar surface area (TPSA) is 106 Å². The summed E-state index contributed by atoms with van der Waals surface area (Å²) in [5.74, 6) is -0.987. The summed E-state index contributed by atoms with van der Waals surface area (Å²) in [4.78, 5) is 43.0. The Labute approximate surface area is 260 Å². The second kappa shape index (κ2) is 15.4. The summed E-state index contributed by atoms with van der Waals surface area (Å²) < 4.78 is 5.42. The molecule has 2 unspecified atom stereocenters. The third kappa shape index (κ3) is 7.96. The number of aryl methyl sites for hydroxylation is 2. The van der Waals surface area contributed by atoms with E-state index in [0.29, 0.717) is 43.1 Å². The van der Waals surface area contributed by atoms with Crippen molar-refractivity contribution < 1.29 is 23.9 Å². The van der Waals surface area contributed by atoms with Crippen LogP contribution in [0.1, 0.15) is 66.6 Å². The normalized spacial score (nSPS) is 15.4. The number of amides is 2. The number of ketones is 1. The lowest BCUT2D eigenvalue weighted by Gasteiger charge is -2.29. The van der Waals surface area contributed by atoms with Crippen LogP contribution >= 0.6 is 0 Å². The Bertz CT molecular complexity index is 1440. The molecule has 234 valence electrons. The third-order valence-electron chi connectivity index (χ3n) is 8.07. The van der Waals surface area contributed by atoms with Gasteiger partial charge in [-0.2, -0.15) is 0 Å². The molecule has 2 aromatic carbocycles. The van der Waals surface area contributed by atoms with Gasteiger partial charge in [0.25, 0.3) is 11.8 Å². The van der Waals surface area contributed by atoms with Crippen molar-refractivity contribution in [2.24, 2.45) is 5.92 Å². The first-order chi connectivity index (χ1) is 21.2. The smallest absolute Gasteiger partial charge is 0.290 e. The van der Waals surface area contributed by atoms with Crippen molar-refractivity contribution in [1.29, 1.82) is 0 Å². The maximum Gasteiger partial charge on any atom is 0.290 e. The van der Waals surface area contributed by atoms with Crippen molar-refractivity contribution in [1.82, 2.24) is 9.80 Å². The summed E-state index contributed by atoms with van der Waals surface area (Å²) in [7, 11) is 0. The van der Waals surface area contributed by atoms with Gasteiger partial charge in [0.1, 0.15) is 0 Å². The molecule has 9 nitrogen and oxygen atoms in total. The first-order valence-electron chi connectivity index (χ1n) is 15.4. The maximum absolute atomic E-state index is 13.6. The molecule has 1 aromatic heterocycles. The molecule has 0 radical (unpaired) electrons. The lowest BCUT2D eigenvalue weighted by molar-refractivity contribution is -0.140. The molecule has 2 amide bonds. The van der Waals surface area contributed by atoms with E-state index in [1.165, 1.54) is 28.5 Å². The molecular formula is C35H44N4O5. The average molecular weight is 601 g/mol. The molecule has 0 aliphatic carbocycles. The highest BCUT2D eigenvalue weighted by molar-refractivity contribution is 6.38. The van der Waals surface area contributed by atoms with Crippen LogP contribution in [0, 0.1) is 12.8 Å². The Morgan fingerprint density at radius 3 is 2.59 bits per heavy atom. The lowest BCUT2D eigenvalue weighted by atomic mass is 10.0. The molecule has 1 saturated heterocycles. The zero-order valence-corrected chi connectivity index (χ0v) is 26.0. The predicted molar refractivity (Wildman–Crippen MR) is 172 cm³/mol. The van der Waals surface area contributed by atoms with Crippen LogP contribution in [0.25, 0.3) is 0 Å². The van der Waals surface area contributed by atoms with Crippen molar-refractivity contribution in [3.63, 3.8) is 0 Å². The number of nitrogens with one attached hydrogen (secondary N) is 1. The van der Waals surface area contributed by atoms with E-state index in [1.807, 2.05) is 6.07 Å². The van der Waals surface area contributed by atoms with Gasteiger partial charge in [0.15, 0.2) is 12.0 Å².